The van der Waals surface area contributed by atoms with Crippen LogP contribution in [-0.2, 0) is 0 Å². The van der Waals surface area contributed by atoms with Crippen LogP contribution in [0.3, 0.4) is 0 Å². The van der Waals surface area contributed by atoms with E-state index in [0.29, 0.717) is 12.8 Å². The van der Waals surface area contributed by atoms with E-state index in [1.165, 1.54) is 0 Å². The molecule has 0 aromatic rings. The van der Waals surface area contributed by atoms with Gasteiger partial charge < -0.3 is 10.8 Å². The van der Waals surface area contributed by atoms with Gasteiger partial charge in [-0.3, -0.25) is 0 Å². The van der Waals surface area contributed by atoms with Gasteiger partial charge in [0.15, 0.2) is 0 Å². The molecule has 1 aliphatic carbocycles. The molecule has 1 aliphatic rings. The van der Waals surface area contributed by atoms with Crippen molar-refractivity contribution in [3.8, 4) is 0 Å². The van der Waals surface area contributed by atoms with Gasteiger partial charge in [0.2, 0.25) is 0 Å². The quantitative estimate of drug-likeness (QED) is 0.644. The Morgan fingerprint density at radius 3 is 2.43 bits per heavy atom. The van der Waals surface area contributed by atoms with Gasteiger partial charge in [0.05, 0.1) is 12.2 Å². The van der Waals surface area contributed by atoms with Crippen molar-refractivity contribution in [1.29, 1.82) is 0 Å². The summed E-state index contributed by atoms with van der Waals surface area (Å²) in [6, 6.07) is -0.547. The molecule has 0 aromatic heterocycles. The summed E-state index contributed by atoms with van der Waals surface area (Å²) in [5.74, 6) is 0.170. The van der Waals surface area contributed by atoms with Gasteiger partial charge in [-0.25, -0.2) is 0 Å². The molecule has 0 radical (unpaired) electrons. The smallest absolute Gasteiger partial charge is 0.392 e. The zero-order valence-electron chi connectivity index (χ0n) is 7.93. The fourth-order valence-corrected chi connectivity index (χ4v) is 1.91. The number of aliphatic hydroxyl groups excluding tert-OH is 1. The number of halogens is 3. The van der Waals surface area contributed by atoms with Crippen LogP contribution >= 0.6 is 0 Å². The molecule has 1 rings (SSSR count). The molecule has 5 heteroatoms. The number of nitrogens with two attached hydrogens (primary N) is 1. The highest BCUT2D eigenvalue weighted by Crippen LogP contribution is 2.37. The van der Waals surface area contributed by atoms with E-state index < -0.39 is 24.4 Å². The Bertz CT molecular complexity index is 247. The highest BCUT2D eigenvalue weighted by molar-refractivity contribution is 5.27. The Hall–Kier alpha value is -0.550. The van der Waals surface area contributed by atoms with Crippen molar-refractivity contribution in [2.45, 2.75) is 32.0 Å². The minimum absolute atomic E-state index is 0.170. The Kier molecular flexibility index (Phi) is 3.21. The molecule has 0 aromatic carbocycles. The third-order valence-corrected chi connectivity index (χ3v) is 2.56. The van der Waals surface area contributed by atoms with Crippen molar-refractivity contribution >= 4 is 0 Å². The van der Waals surface area contributed by atoms with E-state index in [9.17, 15) is 13.2 Å². The number of rotatable bonds is 1. The second kappa shape index (κ2) is 3.90. The summed E-state index contributed by atoms with van der Waals surface area (Å²) in [6.07, 6.45) is -3.54. The largest absolute Gasteiger partial charge is 0.414 e. The maximum absolute atomic E-state index is 12.4. The number of alkyl halides is 3. The summed E-state index contributed by atoms with van der Waals surface area (Å²) in [7, 11) is 0. The van der Waals surface area contributed by atoms with Gasteiger partial charge in [-0.2, -0.15) is 13.2 Å². The van der Waals surface area contributed by atoms with Crippen molar-refractivity contribution in [1.82, 2.24) is 0 Å². The lowest BCUT2D eigenvalue weighted by molar-refractivity contribution is -0.0987. The summed E-state index contributed by atoms with van der Waals surface area (Å²) in [5.41, 5.74) is 4.89. The fourth-order valence-electron chi connectivity index (χ4n) is 1.91. The lowest BCUT2D eigenvalue weighted by Gasteiger charge is -2.15. The van der Waals surface area contributed by atoms with E-state index >= 15 is 0 Å². The molecule has 0 aliphatic heterocycles. The third-order valence-electron chi connectivity index (χ3n) is 2.56. The maximum Gasteiger partial charge on any atom is 0.414 e. The summed E-state index contributed by atoms with van der Waals surface area (Å²) in [6.45, 7) is 0.886. The standard InChI is InChI=1S/C9H14F3NO/c1-5-2-6(8(13)3-5)7(4-14)9(10,11)12/h5,8,14H,2-4,13H2,1H3/b7-6-/t5-,8-/m0/s1. The van der Waals surface area contributed by atoms with Crippen LogP contribution in [0.5, 0.6) is 0 Å². The van der Waals surface area contributed by atoms with Crippen molar-refractivity contribution < 1.29 is 18.3 Å². The van der Waals surface area contributed by atoms with Gasteiger partial charge in [-0.1, -0.05) is 6.92 Å². The average molecular weight is 209 g/mol. The van der Waals surface area contributed by atoms with Gasteiger partial charge >= 0.3 is 6.18 Å². The highest BCUT2D eigenvalue weighted by Gasteiger charge is 2.39. The normalized spacial score (nSPS) is 32.1. The SMILES string of the molecule is C[C@H]1C/C(=C(\CO)C(F)(F)F)[C@@H](N)C1. The van der Waals surface area contributed by atoms with Gasteiger partial charge in [0.1, 0.15) is 0 Å². The minimum atomic E-state index is -4.45. The molecule has 14 heavy (non-hydrogen) atoms. The zero-order chi connectivity index (χ0) is 10.9. The summed E-state index contributed by atoms with van der Waals surface area (Å²) in [5, 5.41) is 8.69. The molecule has 0 saturated heterocycles. The van der Waals surface area contributed by atoms with Crippen LogP contribution in [0.4, 0.5) is 13.2 Å². The molecule has 2 atom stereocenters. The Balaban J connectivity index is 3.00. The van der Waals surface area contributed by atoms with Crippen molar-refractivity contribution in [2.24, 2.45) is 11.7 Å². The first-order chi connectivity index (χ1) is 6.36. The third kappa shape index (κ3) is 2.27. The van der Waals surface area contributed by atoms with Crippen LogP contribution in [-0.4, -0.2) is 23.9 Å². The monoisotopic (exact) mass is 209 g/mol. The van der Waals surface area contributed by atoms with E-state index in [4.69, 9.17) is 10.8 Å². The second-order valence-electron chi connectivity index (χ2n) is 3.81. The first-order valence-corrected chi connectivity index (χ1v) is 4.51. The molecule has 1 fully saturated rings. The molecule has 0 bridgehead atoms. The lowest BCUT2D eigenvalue weighted by atomic mass is 10.0. The van der Waals surface area contributed by atoms with E-state index in [-0.39, 0.29) is 11.5 Å². The predicted molar refractivity (Wildman–Crippen MR) is 46.5 cm³/mol. The Morgan fingerprint density at radius 2 is 2.14 bits per heavy atom. The van der Waals surface area contributed by atoms with Crippen molar-refractivity contribution in [3.63, 3.8) is 0 Å². The number of aliphatic hydroxyl groups is 1. The molecule has 0 amide bonds. The maximum atomic E-state index is 12.4. The molecule has 0 unspecified atom stereocenters. The van der Waals surface area contributed by atoms with Gasteiger partial charge in [-0.15, -0.1) is 0 Å². The second-order valence-corrected chi connectivity index (χ2v) is 3.81. The van der Waals surface area contributed by atoms with Crippen molar-refractivity contribution in [3.05, 3.63) is 11.1 Å². The van der Waals surface area contributed by atoms with E-state index in [0.717, 1.165) is 0 Å². The van der Waals surface area contributed by atoms with Crippen LogP contribution in [0.2, 0.25) is 0 Å². The average Bonchev–Trinajstić information content (AvgIpc) is 2.29. The topological polar surface area (TPSA) is 46.2 Å². The number of hydrogen-bond donors (Lipinski definition) is 2. The zero-order valence-corrected chi connectivity index (χ0v) is 7.93. The van der Waals surface area contributed by atoms with E-state index in [2.05, 4.69) is 0 Å². The van der Waals surface area contributed by atoms with Gasteiger partial charge in [-0.05, 0) is 24.3 Å². The van der Waals surface area contributed by atoms with Crippen LogP contribution in [0.25, 0.3) is 0 Å². The van der Waals surface area contributed by atoms with Crippen LogP contribution in [0.15, 0.2) is 11.1 Å². The van der Waals surface area contributed by atoms with Gasteiger partial charge in [0.25, 0.3) is 0 Å². The molecular formula is C9H14F3NO. The molecule has 3 N–H and O–H groups in total. The van der Waals surface area contributed by atoms with E-state index in [1.807, 2.05) is 6.92 Å². The predicted octanol–water partition coefficient (Wildman–Crippen LogP) is 1.59. The molecule has 2 nitrogen and oxygen atoms in total. The lowest BCUT2D eigenvalue weighted by Crippen LogP contribution is -2.25. The van der Waals surface area contributed by atoms with Crippen LogP contribution < -0.4 is 5.73 Å². The molecule has 0 heterocycles. The molecule has 82 valence electrons. The molecule has 0 spiro atoms. The van der Waals surface area contributed by atoms with Crippen LogP contribution in [0, 0.1) is 5.92 Å². The summed E-state index contributed by atoms with van der Waals surface area (Å²) >= 11 is 0. The highest BCUT2D eigenvalue weighted by atomic mass is 19.4. The fraction of sp³-hybridized carbons (Fsp3) is 0.778. The first-order valence-electron chi connectivity index (χ1n) is 4.51. The Labute approximate surface area is 80.6 Å². The molecule has 1 saturated carbocycles. The summed E-state index contributed by atoms with van der Waals surface area (Å²) in [4.78, 5) is 0. The number of hydrogen-bond acceptors (Lipinski definition) is 2. The molecular weight excluding hydrogens is 195 g/mol. The van der Waals surface area contributed by atoms with Crippen LogP contribution in [0.1, 0.15) is 19.8 Å². The Morgan fingerprint density at radius 1 is 1.57 bits per heavy atom. The minimum Gasteiger partial charge on any atom is -0.392 e. The first kappa shape index (κ1) is 11.5. The van der Waals surface area contributed by atoms with Gasteiger partial charge in [0, 0.05) is 6.04 Å². The van der Waals surface area contributed by atoms with Crippen molar-refractivity contribution in [2.75, 3.05) is 6.61 Å². The summed E-state index contributed by atoms with van der Waals surface area (Å²) < 4.78 is 37.2. The van der Waals surface area contributed by atoms with E-state index in [1.54, 1.807) is 0 Å².